The van der Waals surface area contributed by atoms with E-state index in [0.29, 0.717) is 36.2 Å². The van der Waals surface area contributed by atoms with E-state index < -0.39 is 0 Å². The molecule has 4 heteroatoms. The molecule has 38 heavy (non-hydrogen) atoms. The van der Waals surface area contributed by atoms with Gasteiger partial charge in [0.25, 0.3) is 0 Å². The first-order valence-electron chi connectivity index (χ1n) is 15.6. The Kier molecular flexibility index (Phi) is 6.76. The largest absolute Gasteiger partial charge is 0.465 e. The predicted octanol–water partition coefficient (Wildman–Crippen LogP) is 8.14. The maximum atomic E-state index is 11.9. The molecule has 0 aliphatic heterocycles. The molecule has 0 aromatic rings. The van der Waals surface area contributed by atoms with Crippen molar-refractivity contribution in [1.29, 1.82) is 0 Å². The summed E-state index contributed by atoms with van der Waals surface area (Å²) in [6.07, 6.45) is 13.2. The number of hydrogen-bond acceptors (Lipinski definition) is 4. The van der Waals surface area contributed by atoms with Crippen molar-refractivity contribution in [2.75, 3.05) is 6.61 Å². The highest BCUT2D eigenvalue weighted by Gasteiger charge is 2.69. The Bertz CT molecular complexity index is 1010. The fourth-order valence-corrected chi connectivity index (χ4v) is 11.5. The van der Waals surface area contributed by atoms with Crippen LogP contribution in [-0.2, 0) is 19.1 Å². The van der Waals surface area contributed by atoms with Crippen LogP contribution in [0.4, 0.5) is 0 Å². The monoisotopic (exact) mass is 526 g/mol. The quantitative estimate of drug-likeness (QED) is 0.275. The van der Waals surface area contributed by atoms with Crippen molar-refractivity contribution < 1.29 is 19.1 Å². The molecule has 4 nitrogen and oxygen atoms in total. The normalized spacial score (nSPS) is 49.3. The van der Waals surface area contributed by atoms with Gasteiger partial charge in [0.2, 0.25) is 0 Å². The summed E-state index contributed by atoms with van der Waals surface area (Å²) in [7, 11) is 0. The number of carbonyl (C=O) groups is 2. The third-order valence-corrected chi connectivity index (χ3v) is 14.0. The van der Waals surface area contributed by atoms with Gasteiger partial charge in [-0.3, -0.25) is 9.59 Å². The molecule has 0 saturated heterocycles. The lowest BCUT2D eigenvalue weighted by molar-refractivity contribution is -0.214. The SMILES string of the molecule is CC(=O)OC[C@]12CC[C@@H](C)[C@H](C)[C@H]1C1=CC[C@@H]3[C@@]4(C)CC[C@H](OC(C)=O)C(C)(C)C4CC[C@@]3(C)[C@]1(C)CC2. The second-order valence-corrected chi connectivity index (χ2v) is 15.7. The minimum atomic E-state index is -0.139. The highest BCUT2D eigenvalue weighted by molar-refractivity contribution is 5.66. The Morgan fingerprint density at radius 3 is 2.24 bits per heavy atom. The summed E-state index contributed by atoms with van der Waals surface area (Å²) in [5.74, 6) is 2.73. The van der Waals surface area contributed by atoms with Crippen LogP contribution < -0.4 is 0 Å². The Morgan fingerprint density at radius 2 is 1.58 bits per heavy atom. The van der Waals surface area contributed by atoms with Gasteiger partial charge in [-0.05, 0) is 104 Å². The fraction of sp³-hybridized carbons (Fsp3) is 0.882. The summed E-state index contributed by atoms with van der Waals surface area (Å²) in [4.78, 5) is 23.9. The molecule has 0 aromatic heterocycles. The first-order chi connectivity index (χ1) is 17.6. The molecule has 4 saturated carbocycles. The van der Waals surface area contributed by atoms with Gasteiger partial charge < -0.3 is 9.47 Å². The van der Waals surface area contributed by atoms with Crippen LogP contribution in [0.1, 0.15) is 120 Å². The number of hydrogen-bond donors (Lipinski definition) is 0. The Morgan fingerprint density at radius 1 is 0.868 bits per heavy atom. The van der Waals surface area contributed by atoms with Crippen LogP contribution in [0.3, 0.4) is 0 Å². The van der Waals surface area contributed by atoms with E-state index >= 15 is 0 Å². The molecule has 5 rings (SSSR count). The fourth-order valence-electron chi connectivity index (χ4n) is 11.5. The molecular weight excluding hydrogens is 472 g/mol. The first kappa shape index (κ1) is 28.2. The molecule has 1 unspecified atom stereocenters. The third-order valence-electron chi connectivity index (χ3n) is 14.0. The Balaban J connectivity index is 1.54. The molecule has 0 spiro atoms. The zero-order valence-corrected chi connectivity index (χ0v) is 25.7. The van der Waals surface area contributed by atoms with Gasteiger partial charge >= 0.3 is 11.9 Å². The lowest BCUT2D eigenvalue weighted by Gasteiger charge is -2.71. The molecule has 10 atom stereocenters. The second kappa shape index (κ2) is 9.10. The number of allylic oxidation sites excluding steroid dienone is 2. The van der Waals surface area contributed by atoms with Crippen LogP contribution in [0.25, 0.3) is 0 Å². The van der Waals surface area contributed by atoms with Crippen LogP contribution in [0, 0.1) is 56.7 Å². The predicted molar refractivity (Wildman–Crippen MR) is 151 cm³/mol. The minimum absolute atomic E-state index is 0.00996. The van der Waals surface area contributed by atoms with E-state index in [0.717, 1.165) is 25.7 Å². The first-order valence-corrected chi connectivity index (χ1v) is 15.6. The third kappa shape index (κ3) is 3.80. The van der Waals surface area contributed by atoms with Crippen molar-refractivity contribution in [3.63, 3.8) is 0 Å². The lowest BCUT2D eigenvalue weighted by Crippen LogP contribution is -2.65. The molecule has 0 aromatic carbocycles. The van der Waals surface area contributed by atoms with E-state index in [1.54, 1.807) is 19.4 Å². The molecule has 0 N–H and O–H groups in total. The highest BCUT2D eigenvalue weighted by atomic mass is 16.5. The van der Waals surface area contributed by atoms with Gasteiger partial charge in [-0.15, -0.1) is 0 Å². The maximum Gasteiger partial charge on any atom is 0.302 e. The lowest BCUT2D eigenvalue weighted by atomic mass is 9.33. The van der Waals surface area contributed by atoms with Crippen LogP contribution in [0.2, 0.25) is 0 Å². The molecule has 0 bridgehead atoms. The zero-order valence-electron chi connectivity index (χ0n) is 25.7. The van der Waals surface area contributed by atoms with Gasteiger partial charge in [0.15, 0.2) is 0 Å². The number of fused-ring (bicyclic) bond motifs is 7. The summed E-state index contributed by atoms with van der Waals surface area (Å²) >= 11 is 0. The van der Waals surface area contributed by atoms with E-state index in [4.69, 9.17) is 9.47 Å². The summed E-state index contributed by atoms with van der Waals surface area (Å²) in [6, 6.07) is 0. The molecule has 5 aliphatic carbocycles. The number of ether oxygens (including phenoxy) is 2. The second-order valence-electron chi connectivity index (χ2n) is 15.7. The van der Waals surface area contributed by atoms with Gasteiger partial charge in [0, 0.05) is 24.7 Å². The van der Waals surface area contributed by atoms with Crippen molar-refractivity contribution in [3.05, 3.63) is 11.6 Å². The van der Waals surface area contributed by atoms with Crippen LogP contribution in [0.5, 0.6) is 0 Å². The standard InChI is InChI=1S/C34H54O4/c1-21-12-17-34(20-37-23(3)35)19-18-32(8)25(29(34)22(21)2)10-11-27-31(7)15-14-28(38-24(4)36)30(5,6)26(31)13-16-33(27,32)9/h10,21-22,26-29H,11-20H2,1-9H3/t21-,22+,26?,27-,28+,29+,31+,32-,33-,34-/m1/s1. The van der Waals surface area contributed by atoms with E-state index in [9.17, 15) is 9.59 Å². The van der Waals surface area contributed by atoms with E-state index in [1.165, 1.54) is 32.1 Å². The summed E-state index contributed by atoms with van der Waals surface area (Å²) in [5.41, 5.74) is 2.47. The van der Waals surface area contributed by atoms with Crippen molar-refractivity contribution >= 4 is 11.9 Å². The molecule has 4 fully saturated rings. The average Bonchev–Trinajstić information content (AvgIpc) is 2.82. The summed E-state index contributed by atoms with van der Waals surface area (Å²) < 4.78 is 11.7. The van der Waals surface area contributed by atoms with E-state index in [-0.39, 0.29) is 45.1 Å². The van der Waals surface area contributed by atoms with Gasteiger partial charge in [-0.25, -0.2) is 0 Å². The maximum absolute atomic E-state index is 11.9. The molecule has 0 amide bonds. The molecule has 0 heterocycles. The number of carbonyl (C=O) groups excluding carboxylic acids is 2. The Labute approximate surface area is 232 Å². The van der Waals surface area contributed by atoms with Gasteiger partial charge in [-0.2, -0.15) is 0 Å². The van der Waals surface area contributed by atoms with Crippen LogP contribution in [0.15, 0.2) is 11.6 Å². The number of esters is 2. The molecular formula is C34H54O4. The van der Waals surface area contributed by atoms with E-state index in [1.807, 2.05) is 0 Å². The van der Waals surface area contributed by atoms with Crippen molar-refractivity contribution in [1.82, 2.24) is 0 Å². The van der Waals surface area contributed by atoms with Gasteiger partial charge in [-0.1, -0.05) is 60.1 Å². The molecule has 214 valence electrons. The van der Waals surface area contributed by atoms with Crippen LogP contribution >= 0.6 is 0 Å². The minimum Gasteiger partial charge on any atom is -0.465 e. The topological polar surface area (TPSA) is 52.6 Å². The highest BCUT2D eigenvalue weighted by Crippen LogP contribution is 2.75. The molecule has 0 radical (unpaired) electrons. The van der Waals surface area contributed by atoms with Gasteiger partial charge in [0.1, 0.15) is 6.10 Å². The average molecular weight is 527 g/mol. The smallest absolute Gasteiger partial charge is 0.302 e. The summed E-state index contributed by atoms with van der Waals surface area (Å²) in [5, 5.41) is 0. The Hall–Kier alpha value is -1.32. The van der Waals surface area contributed by atoms with Crippen molar-refractivity contribution in [2.24, 2.45) is 56.7 Å². The number of rotatable bonds is 3. The van der Waals surface area contributed by atoms with E-state index in [2.05, 4.69) is 54.5 Å². The van der Waals surface area contributed by atoms with Crippen molar-refractivity contribution in [3.8, 4) is 0 Å². The molecule has 5 aliphatic rings. The van der Waals surface area contributed by atoms with Gasteiger partial charge in [0.05, 0.1) is 6.61 Å². The van der Waals surface area contributed by atoms with Crippen LogP contribution in [-0.4, -0.2) is 24.6 Å². The van der Waals surface area contributed by atoms with Crippen molar-refractivity contribution in [2.45, 2.75) is 126 Å². The zero-order chi connectivity index (χ0) is 27.9. The summed E-state index contributed by atoms with van der Waals surface area (Å²) in [6.45, 7) is 21.2.